The van der Waals surface area contributed by atoms with Crippen LogP contribution in [0.2, 0.25) is 0 Å². The average molecular weight is 220 g/mol. The van der Waals surface area contributed by atoms with E-state index < -0.39 is 0 Å². The van der Waals surface area contributed by atoms with E-state index in [0.717, 1.165) is 18.5 Å². The molecular formula is C12H20N4. The lowest BCUT2D eigenvalue weighted by molar-refractivity contribution is 0.320. The minimum absolute atomic E-state index is 0.271. The molecule has 1 saturated carbocycles. The van der Waals surface area contributed by atoms with Crippen molar-refractivity contribution in [2.75, 3.05) is 0 Å². The Labute approximate surface area is 96.7 Å². The van der Waals surface area contributed by atoms with E-state index in [4.69, 9.17) is 5.73 Å². The lowest BCUT2D eigenvalue weighted by Crippen LogP contribution is -2.38. The lowest BCUT2D eigenvalue weighted by Gasteiger charge is -2.29. The van der Waals surface area contributed by atoms with Gasteiger partial charge in [-0.15, -0.1) is 0 Å². The Morgan fingerprint density at radius 2 is 2.06 bits per heavy atom. The molecule has 1 fully saturated rings. The van der Waals surface area contributed by atoms with Crippen molar-refractivity contribution in [3.63, 3.8) is 0 Å². The van der Waals surface area contributed by atoms with Crippen LogP contribution in [-0.4, -0.2) is 22.1 Å². The van der Waals surface area contributed by atoms with Crippen molar-refractivity contribution in [1.82, 2.24) is 15.3 Å². The van der Waals surface area contributed by atoms with E-state index in [-0.39, 0.29) is 6.04 Å². The zero-order valence-corrected chi connectivity index (χ0v) is 9.76. The molecule has 1 aromatic rings. The highest BCUT2D eigenvalue weighted by molar-refractivity contribution is 5.01. The smallest absolute Gasteiger partial charge is 0.0753 e. The average Bonchev–Trinajstić information content (AvgIpc) is 2.33. The quantitative estimate of drug-likeness (QED) is 0.808. The summed E-state index contributed by atoms with van der Waals surface area (Å²) in [6, 6.07) is 1.26. The van der Waals surface area contributed by atoms with E-state index in [9.17, 15) is 0 Å². The Kier molecular flexibility index (Phi) is 3.85. The van der Waals surface area contributed by atoms with Gasteiger partial charge in [-0.1, -0.05) is 0 Å². The van der Waals surface area contributed by atoms with Crippen LogP contribution in [0.25, 0.3) is 0 Å². The summed E-state index contributed by atoms with van der Waals surface area (Å²) in [7, 11) is 0. The standard InChI is InChI=1S/C12H20N4/c1-9(12-8-14-6-7-15-12)16-11-4-2-10(13)3-5-11/h6-11,16H,2-5,13H2,1H3. The van der Waals surface area contributed by atoms with E-state index in [1.165, 1.54) is 12.8 Å². The van der Waals surface area contributed by atoms with Crippen LogP contribution < -0.4 is 11.1 Å². The molecule has 3 N–H and O–H groups in total. The molecule has 0 aromatic carbocycles. The van der Waals surface area contributed by atoms with Crippen LogP contribution in [0, 0.1) is 0 Å². The molecule has 0 bridgehead atoms. The van der Waals surface area contributed by atoms with Gasteiger partial charge in [-0.05, 0) is 32.6 Å². The van der Waals surface area contributed by atoms with Crippen molar-refractivity contribution in [1.29, 1.82) is 0 Å². The van der Waals surface area contributed by atoms with Gasteiger partial charge in [-0.3, -0.25) is 9.97 Å². The zero-order chi connectivity index (χ0) is 11.4. The third-order valence-electron chi connectivity index (χ3n) is 3.28. The molecule has 0 radical (unpaired) electrons. The highest BCUT2D eigenvalue weighted by atomic mass is 15.0. The molecule has 0 spiro atoms. The fraction of sp³-hybridized carbons (Fsp3) is 0.667. The molecule has 1 aliphatic rings. The number of nitrogens with one attached hydrogen (secondary N) is 1. The second-order valence-electron chi connectivity index (χ2n) is 4.63. The molecule has 1 atom stereocenters. The molecule has 16 heavy (non-hydrogen) atoms. The van der Waals surface area contributed by atoms with Crippen molar-refractivity contribution in [2.24, 2.45) is 5.73 Å². The molecule has 1 heterocycles. The van der Waals surface area contributed by atoms with Gasteiger partial charge in [0.1, 0.15) is 0 Å². The first-order valence-corrected chi connectivity index (χ1v) is 6.03. The Balaban J connectivity index is 1.86. The van der Waals surface area contributed by atoms with Crippen LogP contribution in [0.5, 0.6) is 0 Å². The summed E-state index contributed by atoms with van der Waals surface area (Å²) in [5, 5.41) is 3.60. The highest BCUT2D eigenvalue weighted by Gasteiger charge is 2.20. The summed E-state index contributed by atoms with van der Waals surface area (Å²) < 4.78 is 0. The molecule has 1 unspecified atom stereocenters. The summed E-state index contributed by atoms with van der Waals surface area (Å²) in [6.07, 6.45) is 9.87. The summed E-state index contributed by atoms with van der Waals surface area (Å²) >= 11 is 0. The molecule has 1 aromatic heterocycles. The SMILES string of the molecule is CC(NC1CCC(N)CC1)c1cnccn1. The second kappa shape index (κ2) is 5.37. The van der Waals surface area contributed by atoms with Gasteiger partial charge >= 0.3 is 0 Å². The molecule has 4 nitrogen and oxygen atoms in total. The van der Waals surface area contributed by atoms with Gasteiger partial charge in [0.05, 0.1) is 5.69 Å². The summed E-state index contributed by atoms with van der Waals surface area (Å²) in [5.74, 6) is 0. The first-order valence-electron chi connectivity index (χ1n) is 6.03. The van der Waals surface area contributed by atoms with Crippen molar-refractivity contribution in [3.8, 4) is 0 Å². The topological polar surface area (TPSA) is 63.8 Å². The van der Waals surface area contributed by atoms with Gasteiger partial charge in [0.2, 0.25) is 0 Å². The number of nitrogens with zero attached hydrogens (tertiary/aromatic N) is 2. The van der Waals surface area contributed by atoms with Crippen LogP contribution in [-0.2, 0) is 0 Å². The van der Waals surface area contributed by atoms with Crippen LogP contribution in [0.15, 0.2) is 18.6 Å². The Hall–Kier alpha value is -1.00. The maximum Gasteiger partial charge on any atom is 0.0753 e. The lowest BCUT2D eigenvalue weighted by atomic mass is 9.91. The minimum atomic E-state index is 0.271. The van der Waals surface area contributed by atoms with Crippen LogP contribution in [0.1, 0.15) is 44.3 Å². The number of hydrogen-bond acceptors (Lipinski definition) is 4. The van der Waals surface area contributed by atoms with E-state index in [2.05, 4.69) is 22.2 Å². The summed E-state index contributed by atoms with van der Waals surface area (Å²) in [6.45, 7) is 2.14. The third-order valence-corrected chi connectivity index (χ3v) is 3.28. The zero-order valence-electron chi connectivity index (χ0n) is 9.76. The van der Waals surface area contributed by atoms with Crippen LogP contribution in [0.4, 0.5) is 0 Å². The number of nitrogens with two attached hydrogens (primary N) is 1. The maximum absolute atomic E-state index is 5.89. The van der Waals surface area contributed by atoms with Gasteiger partial charge in [0.25, 0.3) is 0 Å². The van der Waals surface area contributed by atoms with E-state index in [0.29, 0.717) is 12.1 Å². The van der Waals surface area contributed by atoms with E-state index >= 15 is 0 Å². The van der Waals surface area contributed by atoms with Crippen LogP contribution in [0.3, 0.4) is 0 Å². The molecule has 0 aliphatic heterocycles. The van der Waals surface area contributed by atoms with Crippen LogP contribution >= 0.6 is 0 Å². The molecule has 1 aliphatic carbocycles. The Morgan fingerprint density at radius 1 is 1.31 bits per heavy atom. The monoisotopic (exact) mass is 220 g/mol. The van der Waals surface area contributed by atoms with E-state index in [1.54, 1.807) is 12.4 Å². The first-order chi connectivity index (χ1) is 7.75. The van der Waals surface area contributed by atoms with Crippen molar-refractivity contribution < 1.29 is 0 Å². The third kappa shape index (κ3) is 3.00. The second-order valence-corrected chi connectivity index (χ2v) is 4.63. The minimum Gasteiger partial charge on any atom is -0.328 e. The molecule has 88 valence electrons. The summed E-state index contributed by atoms with van der Waals surface area (Å²) in [5.41, 5.74) is 6.90. The Morgan fingerprint density at radius 3 is 2.69 bits per heavy atom. The Bertz CT molecular complexity index is 306. The van der Waals surface area contributed by atoms with Gasteiger partial charge in [-0.2, -0.15) is 0 Å². The molecule has 0 amide bonds. The highest BCUT2D eigenvalue weighted by Crippen LogP contribution is 2.19. The van der Waals surface area contributed by atoms with Gasteiger partial charge in [-0.25, -0.2) is 0 Å². The molecule has 0 saturated heterocycles. The van der Waals surface area contributed by atoms with E-state index in [1.807, 2.05) is 6.20 Å². The van der Waals surface area contributed by atoms with Crippen molar-refractivity contribution in [3.05, 3.63) is 24.3 Å². The van der Waals surface area contributed by atoms with Gasteiger partial charge in [0, 0.05) is 36.7 Å². The normalized spacial score (nSPS) is 27.6. The fourth-order valence-corrected chi connectivity index (χ4v) is 2.26. The predicted molar refractivity (Wildman–Crippen MR) is 63.8 cm³/mol. The number of aromatic nitrogens is 2. The fourth-order valence-electron chi connectivity index (χ4n) is 2.26. The predicted octanol–water partition coefficient (Wildman–Crippen LogP) is 1.40. The first kappa shape index (κ1) is 11.5. The van der Waals surface area contributed by atoms with Gasteiger partial charge in [0.15, 0.2) is 0 Å². The number of hydrogen-bond donors (Lipinski definition) is 2. The molecular weight excluding hydrogens is 200 g/mol. The largest absolute Gasteiger partial charge is 0.328 e. The van der Waals surface area contributed by atoms with Crippen molar-refractivity contribution >= 4 is 0 Å². The summed E-state index contributed by atoms with van der Waals surface area (Å²) in [4.78, 5) is 8.40. The molecule has 2 rings (SSSR count). The van der Waals surface area contributed by atoms with Crippen molar-refractivity contribution in [2.45, 2.75) is 50.7 Å². The number of rotatable bonds is 3. The van der Waals surface area contributed by atoms with Gasteiger partial charge < -0.3 is 11.1 Å². The molecule has 4 heteroatoms. The maximum atomic E-state index is 5.89.